The molecule has 0 aliphatic carbocycles. The molecule has 0 fully saturated rings. The van der Waals surface area contributed by atoms with Crippen molar-refractivity contribution >= 4 is 21.6 Å². The monoisotopic (exact) mass is 392 g/mol. The van der Waals surface area contributed by atoms with Gasteiger partial charge in [0.2, 0.25) is 15.9 Å². The molecule has 0 spiro atoms. The number of carbonyl (C=O) groups excluding carboxylic acids is 1. The highest BCUT2D eigenvalue weighted by molar-refractivity contribution is 7.92. The summed E-state index contributed by atoms with van der Waals surface area (Å²) in [4.78, 5) is 12.8. The topological polar surface area (TPSA) is 66.5 Å². The quantitative estimate of drug-likeness (QED) is 0.819. The SMILES string of the molecule is Cc1ccc(C)c([C@H](C)NC(=O)[C@@H](C)N(c2ccccc2F)S(C)(=O)=O)c1. The molecule has 146 valence electrons. The Kier molecular flexibility index (Phi) is 6.26. The minimum absolute atomic E-state index is 0.151. The van der Waals surface area contributed by atoms with E-state index < -0.39 is 27.8 Å². The van der Waals surface area contributed by atoms with Crippen molar-refractivity contribution in [3.05, 3.63) is 65.0 Å². The first kappa shape index (κ1) is 20.9. The molecule has 2 atom stereocenters. The second-order valence-corrected chi connectivity index (χ2v) is 8.64. The van der Waals surface area contributed by atoms with E-state index in [0.29, 0.717) is 0 Å². The van der Waals surface area contributed by atoms with E-state index in [-0.39, 0.29) is 11.7 Å². The van der Waals surface area contributed by atoms with Crippen molar-refractivity contribution < 1.29 is 17.6 Å². The number of sulfonamides is 1. The van der Waals surface area contributed by atoms with E-state index in [2.05, 4.69) is 5.32 Å². The fourth-order valence-electron chi connectivity index (χ4n) is 3.05. The summed E-state index contributed by atoms with van der Waals surface area (Å²) in [5.74, 6) is -1.21. The lowest BCUT2D eigenvalue weighted by molar-refractivity contribution is -0.122. The highest BCUT2D eigenvalue weighted by atomic mass is 32.2. The number of aryl methyl sites for hydroxylation is 2. The number of hydrogen-bond donors (Lipinski definition) is 1. The van der Waals surface area contributed by atoms with Crippen molar-refractivity contribution in [1.82, 2.24) is 5.32 Å². The Morgan fingerprint density at radius 3 is 2.33 bits per heavy atom. The van der Waals surface area contributed by atoms with Crippen molar-refractivity contribution in [3.63, 3.8) is 0 Å². The number of anilines is 1. The van der Waals surface area contributed by atoms with Gasteiger partial charge >= 0.3 is 0 Å². The maximum absolute atomic E-state index is 14.2. The summed E-state index contributed by atoms with van der Waals surface area (Å²) in [6, 6.07) is 10.0. The Labute approximate surface area is 160 Å². The van der Waals surface area contributed by atoms with E-state index in [1.807, 2.05) is 39.0 Å². The van der Waals surface area contributed by atoms with E-state index in [4.69, 9.17) is 0 Å². The molecule has 0 heterocycles. The third-order valence-corrected chi connectivity index (χ3v) is 5.67. The van der Waals surface area contributed by atoms with Gasteiger partial charge in [0.05, 0.1) is 18.0 Å². The van der Waals surface area contributed by atoms with Crippen LogP contribution < -0.4 is 9.62 Å². The summed E-state index contributed by atoms with van der Waals surface area (Å²) in [6.07, 6.45) is 0.956. The molecule has 0 aromatic heterocycles. The largest absolute Gasteiger partial charge is 0.348 e. The number of amides is 1. The summed E-state index contributed by atoms with van der Waals surface area (Å²) in [6.45, 7) is 7.19. The molecule has 1 N–H and O–H groups in total. The molecule has 2 aromatic rings. The molecule has 0 saturated heterocycles. The summed E-state index contributed by atoms with van der Waals surface area (Å²) < 4.78 is 39.5. The lowest BCUT2D eigenvalue weighted by Gasteiger charge is -2.29. The van der Waals surface area contributed by atoms with E-state index in [0.717, 1.165) is 33.3 Å². The second kappa shape index (κ2) is 8.08. The Morgan fingerprint density at radius 1 is 1.11 bits per heavy atom. The Balaban J connectivity index is 2.30. The Morgan fingerprint density at radius 2 is 1.74 bits per heavy atom. The van der Waals surface area contributed by atoms with E-state index in [1.54, 1.807) is 0 Å². The molecular weight excluding hydrogens is 367 g/mol. The van der Waals surface area contributed by atoms with Gasteiger partial charge in [-0.3, -0.25) is 9.10 Å². The van der Waals surface area contributed by atoms with Crippen LogP contribution in [0, 0.1) is 19.7 Å². The first-order chi connectivity index (χ1) is 12.5. The van der Waals surface area contributed by atoms with Crippen LogP contribution in [0.1, 0.15) is 36.6 Å². The summed E-state index contributed by atoms with van der Waals surface area (Å²) in [5, 5.41) is 2.84. The molecule has 0 radical (unpaired) electrons. The molecular formula is C20H25FN2O3S. The van der Waals surface area contributed by atoms with Gasteiger partial charge < -0.3 is 5.32 Å². The van der Waals surface area contributed by atoms with Gasteiger partial charge in [-0.1, -0.05) is 35.9 Å². The van der Waals surface area contributed by atoms with Crippen molar-refractivity contribution in [3.8, 4) is 0 Å². The highest BCUT2D eigenvalue weighted by Crippen LogP contribution is 2.25. The van der Waals surface area contributed by atoms with Crippen LogP contribution in [0.2, 0.25) is 0 Å². The number of rotatable bonds is 6. The Hall–Kier alpha value is -2.41. The molecule has 0 aliphatic rings. The third-order valence-electron chi connectivity index (χ3n) is 4.44. The number of para-hydroxylation sites is 1. The zero-order valence-electron chi connectivity index (χ0n) is 16.2. The number of benzene rings is 2. The molecule has 0 saturated carbocycles. The van der Waals surface area contributed by atoms with Gasteiger partial charge in [0, 0.05) is 0 Å². The molecule has 0 unspecified atom stereocenters. The van der Waals surface area contributed by atoms with Crippen molar-refractivity contribution in [2.24, 2.45) is 0 Å². The number of hydrogen-bond acceptors (Lipinski definition) is 3. The van der Waals surface area contributed by atoms with Crippen LogP contribution >= 0.6 is 0 Å². The minimum atomic E-state index is -3.87. The van der Waals surface area contributed by atoms with Crippen LogP contribution in [0.5, 0.6) is 0 Å². The first-order valence-corrected chi connectivity index (χ1v) is 10.5. The van der Waals surface area contributed by atoms with Crippen molar-refractivity contribution in [2.75, 3.05) is 10.6 Å². The van der Waals surface area contributed by atoms with Crippen LogP contribution in [0.25, 0.3) is 0 Å². The highest BCUT2D eigenvalue weighted by Gasteiger charge is 2.31. The van der Waals surface area contributed by atoms with Crippen molar-refractivity contribution in [1.29, 1.82) is 0 Å². The predicted octanol–water partition coefficient (Wildman–Crippen LogP) is 3.47. The smallest absolute Gasteiger partial charge is 0.244 e. The number of halogens is 1. The van der Waals surface area contributed by atoms with Gasteiger partial charge in [-0.05, 0) is 51.0 Å². The van der Waals surface area contributed by atoms with Gasteiger partial charge in [-0.2, -0.15) is 0 Å². The predicted molar refractivity (Wildman–Crippen MR) is 106 cm³/mol. The molecule has 1 amide bonds. The van der Waals surface area contributed by atoms with Crippen molar-refractivity contribution in [2.45, 2.75) is 39.8 Å². The molecule has 2 aromatic carbocycles. The summed E-state index contributed by atoms with van der Waals surface area (Å²) in [7, 11) is -3.87. The zero-order chi connectivity index (χ0) is 20.4. The zero-order valence-corrected chi connectivity index (χ0v) is 17.0. The summed E-state index contributed by atoms with van der Waals surface area (Å²) in [5.41, 5.74) is 2.89. The van der Waals surface area contributed by atoms with Gasteiger partial charge in [-0.25, -0.2) is 12.8 Å². The molecule has 0 bridgehead atoms. The average Bonchev–Trinajstić information content (AvgIpc) is 2.57. The minimum Gasteiger partial charge on any atom is -0.348 e. The molecule has 0 aliphatic heterocycles. The molecule has 7 heteroatoms. The molecule has 27 heavy (non-hydrogen) atoms. The maximum atomic E-state index is 14.2. The fraction of sp³-hybridized carbons (Fsp3) is 0.350. The van der Waals surface area contributed by atoms with Gasteiger partial charge in [0.1, 0.15) is 11.9 Å². The normalized spacial score (nSPS) is 13.7. The van der Waals surface area contributed by atoms with Crippen LogP contribution in [0.4, 0.5) is 10.1 Å². The van der Waals surface area contributed by atoms with E-state index >= 15 is 0 Å². The first-order valence-electron chi connectivity index (χ1n) is 8.64. The van der Waals surface area contributed by atoms with Crippen LogP contribution in [0.3, 0.4) is 0 Å². The van der Waals surface area contributed by atoms with Gasteiger partial charge in [0.25, 0.3) is 0 Å². The van der Waals surface area contributed by atoms with Gasteiger partial charge in [0.15, 0.2) is 0 Å². The lowest BCUT2D eigenvalue weighted by atomic mass is 10.00. The third kappa shape index (κ3) is 4.86. The standard InChI is InChI=1S/C20H25FN2O3S/c1-13-10-11-14(2)17(12-13)15(3)22-20(24)16(4)23(27(5,25)26)19-9-7-6-8-18(19)21/h6-12,15-16H,1-5H3,(H,22,24)/t15-,16+/m0/s1. The number of nitrogens with zero attached hydrogens (tertiary/aromatic N) is 1. The van der Waals surface area contributed by atoms with Crippen LogP contribution in [0.15, 0.2) is 42.5 Å². The maximum Gasteiger partial charge on any atom is 0.244 e. The average molecular weight is 392 g/mol. The molecule has 5 nitrogen and oxygen atoms in total. The van der Waals surface area contributed by atoms with Crippen LogP contribution in [-0.2, 0) is 14.8 Å². The molecule has 2 rings (SSSR count). The fourth-order valence-corrected chi connectivity index (χ4v) is 4.23. The summed E-state index contributed by atoms with van der Waals surface area (Å²) >= 11 is 0. The Bertz CT molecular complexity index is 944. The van der Waals surface area contributed by atoms with E-state index in [1.165, 1.54) is 25.1 Å². The second-order valence-electron chi connectivity index (χ2n) is 6.78. The number of nitrogens with one attached hydrogen (secondary N) is 1. The number of carbonyl (C=O) groups is 1. The lowest BCUT2D eigenvalue weighted by Crippen LogP contribution is -2.48. The van der Waals surface area contributed by atoms with Crippen LogP contribution in [-0.4, -0.2) is 26.6 Å². The van der Waals surface area contributed by atoms with Gasteiger partial charge in [-0.15, -0.1) is 0 Å². The van der Waals surface area contributed by atoms with E-state index in [9.17, 15) is 17.6 Å².